The van der Waals surface area contributed by atoms with Crippen LogP contribution >= 0.6 is 0 Å². The van der Waals surface area contributed by atoms with E-state index in [1.54, 1.807) is 0 Å². The molecule has 0 aliphatic heterocycles. The fourth-order valence-electron chi connectivity index (χ4n) is 2.63. The van der Waals surface area contributed by atoms with Gasteiger partial charge in [-0.3, -0.25) is 9.59 Å². The zero-order valence-corrected chi connectivity index (χ0v) is 14.1. The Morgan fingerprint density at radius 3 is 2.14 bits per heavy atom. The first-order valence-corrected chi connectivity index (χ1v) is 8.64. The predicted molar refractivity (Wildman–Crippen MR) is 88.9 cm³/mol. The summed E-state index contributed by atoms with van der Waals surface area (Å²) in [5, 5.41) is 18.3. The molecule has 0 aliphatic carbocycles. The van der Waals surface area contributed by atoms with E-state index in [2.05, 4.69) is 13.8 Å². The Morgan fingerprint density at radius 1 is 0.955 bits per heavy atom. The number of aliphatic carboxylic acids is 2. The number of unbranched alkanes of at least 4 members (excludes halogenated alkanes) is 6. The second-order valence-electron chi connectivity index (χ2n) is 5.98. The second kappa shape index (κ2) is 13.4. The molecule has 22 heavy (non-hydrogen) atoms. The third-order valence-corrected chi connectivity index (χ3v) is 3.98. The van der Waals surface area contributed by atoms with E-state index >= 15 is 0 Å². The minimum Gasteiger partial charge on any atom is -0.481 e. The molecule has 4 nitrogen and oxygen atoms in total. The first kappa shape index (κ1) is 20.7. The molecule has 0 heterocycles. The Morgan fingerprint density at radius 2 is 1.59 bits per heavy atom. The van der Waals surface area contributed by atoms with Crippen LogP contribution in [0.15, 0.2) is 12.2 Å². The molecule has 0 fully saturated rings. The lowest BCUT2D eigenvalue weighted by Gasteiger charge is -2.19. The molecule has 0 rings (SSSR count). The minimum absolute atomic E-state index is 0.174. The highest BCUT2D eigenvalue weighted by molar-refractivity contribution is 5.78. The summed E-state index contributed by atoms with van der Waals surface area (Å²) in [7, 11) is 0. The fourth-order valence-corrected chi connectivity index (χ4v) is 2.63. The smallest absolute Gasteiger partial charge is 0.307 e. The Hall–Kier alpha value is -1.32. The lowest BCUT2D eigenvalue weighted by Crippen LogP contribution is -2.25. The number of hydrogen-bond donors (Lipinski definition) is 2. The maximum atomic E-state index is 11.4. The van der Waals surface area contributed by atoms with Crippen LogP contribution in [0.5, 0.6) is 0 Å². The van der Waals surface area contributed by atoms with Crippen LogP contribution in [-0.4, -0.2) is 22.2 Å². The second-order valence-corrected chi connectivity index (χ2v) is 5.98. The average molecular weight is 312 g/mol. The van der Waals surface area contributed by atoms with Gasteiger partial charge in [-0.2, -0.15) is 0 Å². The van der Waals surface area contributed by atoms with Crippen molar-refractivity contribution in [3.63, 3.8) is 0 Å². The van der Waals surface area contributed by atoms with Gasteiger partial charge in [-0.25, -0.2) is 0 Å². The molecule has 0 aromatic carbocycles. The molecule has 0 aromatic rings. The van der Waals surface area contributed by atoms with Crippen LogP contribution in [0.25, 0.3) is 0 Å². The van der Waals surface area contributed by atoms with E-state index in [1.807, 2.05) is 12.2 Å². The van der Waals surface area contributed by atoms with Gasteiger partial charge in [-0.15, -0.1) is 0 Å². The molecule has 0 bridgehead atoms. The molecule has 0 spiro atoms. The molecule has 2 atom stereocenters. The van der Waals surface area contributed by atoms with E-state index in [1.165, 1.54) is 6.42 Å². The van der Waals surface area contributed by atoms with E-state index in [0.29, 0.717) is 0 Å². The molecular weight excluding hydrogens is 280 g/mol. The van der Waals surface area contributed by atoms with Crippen LogP contribution in [0, 0.1) is 11.8 Å². The summed E-state index contributed by atoms with van der Waals surface area (Å²) in [6, 6.07) is 0. The van der Waals surface area contributed by atoms with Gasteiger partial charge in [0.05, 0.1) is 12.3 Å². The normalized spacial score (nSPS) is 14.1. The number of carbonyl (C=O) groups is 2. The summed E-state index contributed by atoms with van der Waals surface area (Å²) < 4.78 is 0. The summed E-state index contributed by atoms with van der Waals surface area (Å²) in [6.45, 7) is 4.28. The van der Waals surface area contributed by atoms with Gasteiger partial charge in [0.2, 0.25) is 0 Å². The minimum atomic E-state index is -1.04. The first-order chi connectivity index (χ1) is 10.5. The Kier molecular flexibility index (Phi) is 12.5. The summed E-state index contributed by atoms with van der Waals surface area (Å²) in [6.07, 6.45) is 13.1. The summed E-state index contributed by atoms with van der Waals surface area (Å²) >= 11 is 0. The molecule has 0 saturated carbocycles. The quantitative estimate of drug-likeness (QED) is 0.354. The van der Waals surface area contributed by atoms with Crippen LogP contribution in [0.4, 0.5) is 0 Å². The van der Waals surface area contributed by atoms with Crippen molar-refractivity contribution >= 4 is 11.9 Å². The number of hydrogen-bond acceptors (Lipinski definition) is 2. The number of allylic oxidation sites excluding steroid dienone is 2. The number of rotatable bonds is 14. The van der Waals surface area contributed by atoms with Gasteiger partial charge >= 0.3 is 11.9 Å². The van der Waals surface area contributed by atoms with Crippen molar-refractivity contribution in [3.05, 3.63) is 12.2 Å². The summed E-state index contributed by atoms with van der Waals surface area (Å²) in [4.78, 5) is 22.3. The largest absolute Gasteiger partial charge is 0.481 e. The third-order valence-electron chi connectivity index (χ3n) is 3.98. The SMILES string of the molecule is CCCCC/C=C/C(CCCCCC)C(CC(=O)O)C(=O)O. The summed E-state index contributed by atoms with van der Waals surface area (Å²) in [5.74, 6) is -3.03. The predicted octanol–water partition coefficient (Wildman–Crippen LogP) is 4.89. The maximum absolute atomic E-state index is 11.4. The molecule has 2 unspecified atom stereocenters. The zero-order chi connectivity index (χ0) is 16.8. The summed E-state index contributed by atoms with van der Waals surface area (Å²) in [5.41, 5.74) is 0. The van der Waals surface area contributed by atoms with Gasteiger partial charge in [-0.05, 0) is 25.2 Å². The molecule has 2 N–H and O–H groups in total. The highest BCUT2D eigenvalue weighted by atomic mass is 16.4. The Bertz CT molecular complexity index is 336. The van der Waals surface area contributed by atoms with Gasteiger partial charge in [0.15, 0.2) is 0 Å². The first-order valence-electron chi connectivity index (χ1n) is 8.64. The fraction of sp³-hybridized carbons (Fsp3) is 0.778. The molecule has 128 valence electrons. The van der Waals surface area contributed by atoms with Crippen molar-refractivity contribution in [3.8, 4) is 0 Å². The van der Waals surface area contributed by atoms with Crippen LogP contribution in [0.3, 0.4) is 0 Å². The van der Waals surface area contributed by atoms with Gasteiger partial charge in [0.25, 0.3) is 0 Å². The van der Waals surface area contributed by atoms with Crippen LogP contribution in [-0.2, 0) is 9.59 Å². The van der Waals surface area contributed by atoms with Crippen molar-refractivity contribution in [1.29, 1.82) is 0 Å². The van der Waals surface area contributed by atoms with Gasteiger partial charge in [0, 0.05) is 0 Å². The zero-order valence-electron chi connectivity index (χ0n) is 14.1. The third kappa shape index (κ3) is 10.4. The van der Waals surface area contributed by atoms with Crippen molar-refractivity contribution < 1.29 is 19.8 Å². The molecule has 0 aliphatic rings. The van der Waals surface area contributed by atoms with Crippen molar-refractivity contribution in [2.45, 2.75) is 78.1 Å². The number of carboxylic acid groups (broad SMARTS) is 2. The average Bonchev–Trinajstić information content (AvgIpc) is 2.46. The molecule has 0 aromatic heterocycles. The van der Waals surface area contributed by atoms with E-state index < -0.39 is 17.9 Å². The van der Waals surface area contributed by atoms with E-state index in [0.717, 1.165) is 51.4 Å². The topological polar surface area (TPSA) is 74.6 Å². The molecule has 0 amide bonds. The van der Waals surface area contributed by atoms with Crippen LogP contribution in [0.2, 0.25) is 0 Å². The van der Waals surface area contributed by atoms with Gasteiger partial charge < -0.3 is 10.2 Å². The Labute approximate surface area is 134 Å². The standard InChI is InChI=1S/C18H32O4/c1-3-5-7-9-11-13-15(12-10-8-6-4-2)16(18(21)22)14-17(19)20/h11,13,15-16H,3-10,12,14H2,1-2H3,(H,19,20)(H,21,22)/b13-11+. The van der Waals surface area contributed by atoms with E-state index in [9.17, 15) is 14.7 Å². The highest BCUT2D eigenvalue weighted by Gasteiger charge is 2.28. The van der Waals surface area contributed by atoms with Gasteiger partial charge in [0.1, 0.15) is 0 Å². The van der Waals surface area contributed by atoms with Crippen molar-refractivity contribution in [2.24, 2.45) is 11.8 Å². The van der Waals surface area contributed by atoms with Crippen LogP contribution in [0.1, 0.15) is 78.1 Å². The molecular formula is C18H32O4. The monoisotopic (exact) mass is 312 g/mol. The van der Waals surface area contributed by atoms with E-state index in [4.69, 9.17) is 5.11 Å². The number of carboxylic acids is 2. The molecule has 4 heteroatoms. The maximum Gasteiger partial charge on any atom is 0.307 e. The van der Waals surface area contributed by atoms with Gasteiger partial charge in [-0.1, -0.05) is 64.5 Å². The molecule has 0 radical (unpaired) electrons. The Balaban J connectivity index is 4.64. The highest BCUT2D eigenvalue weighted by Crippen LogP contribution is 2.25. The lowest BCUT2D eigenvalue weighted by atomic mass is 9.84. The van der Waals surface area contributed by atoms with Crippen molar-refractivity contribution in [2.75, 3.05) is 0 Å². The van der Waals surface area contributed by atoms with Crippen LogP contribution < -0.4 is 0 Å². The van der Waals surface area contributed by atoms with Crippen molar-refractivity contribution in [1.82, 2.24) is 0 Å². The van der Waals surface area contributed by atoms with E-state index in [-0.39, 0.29) is 12.3 Å². The molecule has 0 saturated heterocycles. The lowest BCUT2D eigenvalue weighted by molar-refractivity contribution is -0.149.